The topological polar surface area (TPSA) is 181 Å². The molecule has 15 heteroatoms. The fourth-order valence-corrected chi connectivity index (χ4v) is 4.34. The first-order valence-corrected chi connectivity index (χ1v) is 13.7. The lowest BCUT2D eigenvalue weighted by atomic mass is 10.1. The van der Waals surface area contributed by atoms with E-state index in [-0.39, 0.29) is 28.4 Å². The summed E-state index contributed by atoms with van der Waals surface area (Å²) in [5.74, 6) is -1.10. The molecule has 0 unspecified atom stereocenters. The lowest BCUT2D eigenvalue weighted by molar-refractivity contribution is -0.133. The third kappa shape index (κ3) is 7.49. The number of hydrogen-bond donors (Lipinski definition) is 4. The van der Waals surface area contributed by atoms with E-state index in [0.29, 0.717) is 40.8 Å². The molecule has 3 heterocycles. The fourth-order valence-electron chi connectivity index (χ4n) is 3.83. The standard InChI is InChI=1S/C26H31FN8O5S/c1-26(2,3)40-25(38)35(4)17-10-14(27)9-16-19-21(29-8-6-5-7-28)33-23(34-22(19)32-20(16)17)39-15-11-30-24(31-12-15)41-13-18(36)37/h9-12H,5-8,13,28H2,1-4H3,(H,36,37)(H2,29,32,33,34). The van der Waals surface area contributed by atoms with Gasteiger partial charge in [0.25, 0.3) is 0 Å². The van der Waals surface area contributed by atoms with Crippen LogP contribution >= 0.6 is 11.8 Å². The molecular formula is C26H31FN8O5S. The van der Waals surface area contributed by atoms with E-state index in [4.69, 9.17) is 20.3 Å². The zero-order valence-electron chi connectivity index (χ0n) is 23.0. The van der Waals surface area contributed by atoms with Crippen molar-refractivity contribution in [2.75, 3.05) is 36.1 Å². The number of carbonyl (C=O) groups excluding carboxylic acids is 1. The van der Waals surface area contributed by atoms with Gasteiger partial charge >= 0.3 is 18.1 Å². The van der Waals surface area contributed by atoms with E-state index in [1.165, 1.54) is 36.5 Å². The second kappa shape index (κ2) is 12.5. The molecule has 0 fully saturated rings. The third-order valence-corrected chi connectivity index (χ3v) is 6.43. The van der Waals surface area contributed by atoms with E-state index >= 15 is 0 Å². The molecule has 5 N–H and O–H groups in total. The Balaban J connectivity index is 1.75. The van der Waals surface area contributed by atoms with E-state index in [0.717, 1.165) is 24.6 Å². The molecule has 1 aromatic carbocycles. The number of hydrogen-bond acceptors (Lipinski definition) is 11. The first-order chi connectivity index (χ1) is 19.4. The number of amides is 1. The molecular weight excluding hydrogens is 555 g/mol. The first-order valence-electron chi connectivity index (χ1n) is 12.7. The Labute approximate surface area is 239 Å². The summed E-state index contributed by atoms with van der Waals surface area (Å²) in [6.07, 6.45) is 3.68. The Morgan fingerprint density at radius 1 is 1.20 bits per heavy atom. The number of nitrogens with zero attached hydrogens (tertiary/aromatic N) is 5. The van der Waals surface area contributed by atoms with Gasteiger partial charge in [0, 0.05) is 19.0 Å². The number of aliphatic carboxylic acids is 1. The number of nitrogens with one attached hydrogen (secondary N) is 2. The molecule has 218 valence electrons. The molecule has 4 rings (SSSR count). The minimum Gasteiger partial charge on any atom is -0.481 e. The van der Waals surface area contributed by atoms with Crippen LogP contribution in [0.1, 0.15) is 33.6 Å². The maximum atomic E-state index is 14.9. The Morgan fingerprint density at radius 3 is 2.59 bits per heavy atom. The normalized spacial score (nSPS) is 11.6. The van der Waals surface area contributed by atoms with Gasteiger partial charge in [0.15, 0.2) is 10.9 Å². The van der Waals surface area contributed by atoms with Crippen LogP contribution < -0.4 is 20.7 Å². The van der Waals surface area contributed by atoms with Gasteiger partial charge in [-0.25, -0.2) is 19.2 Å². The smallest absolute Gasteiger partial charge is 0.414 e. The summed E-state index contributed by atoms with van der Waals surface area (Å²) in [4.78, 5) is 45.2. The summed E-state index contributed by atoms with van der Waals surface area (Å²) in [6, 6.07) is 2.54. The van der Waals surface area contributed by atoms with Crippen LogP contribution in [0.4, 0.5) is 20.7 Å². The van der Waals surface area contributed by atoms with Crippen LogP contribution in [0.2, 0.25) is 0 Å². The van der Waals surface area contributed by atoms with Crippen molar-refractivity contribution in [3.05, 3.63) is 30.3 Å². The van der Waals surface area contributed by atoms with Crippen molar-refractivity contribution in [1.29, 1.82) is 0 Å². The number of halogens is 1. The average Bonchev–Trinajstić information content (AvgIpc) is 3.27. The Bertz CT molecular complexity index is 1560. The van der Waals surface area contributed by atoms with E-state index in [1.807, 2.05) is 0 Å². The zero-order chi connectivity index (χ0) is 29.7. The molecule has 0 spiro atoms. The first kappa shape index (κ1) is 29.7. The van der Waals surface area contributed by atoms with E-state index in [9.17, 15) is 14.0 Å². The number of carboxylic acids is 1. The lowest BCUT2D eigenvalue weighted by Gasteiger charge is -2.25. The number of carbonyl (C=O) groups is 2. The summed E-state index contributed by atoms with van der Waals surface area (Å²) < 4.78 is 26.2. The largest absolute Gasteiger partial charge is 0.481 e. The van der Waals surface area contributed by atoms with E-state index in [1.54, 1.807) is 20.8 Å². The number of ether oxygens (including phenoxy) is 2. The van der Waals surface area contributed by atoms with Crippen molar-refractivity contribution < 1.29 is 28.6 Å². The van der Waals surface area contributed by atoms with Gasteiger partial charge in [-0.15, -0.1) is 0 Å². The number of rotatable bonds is 11. The molecule has 0 aliphatic carbocycles. The number of benzene rings is 1. The average molecular weight is 587 g/mol. The van der Waals surface area contributed by atoms with Crippen LogP contribution in [0.15, 0.2) is 29.7 Å². The van der Waals surface area contributed by atoms with Crippen LogP contribution in [0.5, 0.6) is 11.8 Å². The highest BCUT2D eigenvalue weighted by Gasteiger charge is 2.25. The molecule has 0 radical (unpaired) electrons. The molecule has 41 heavy (non-hydrogen) atoms. The van der Waals surface area contributed by atoms with Crippen LogP contribution in [-0.2, 0) is 9.53 Å². The van der Waals surface area contributed by atoms with Crippen molar-refractivity contribution >= 4 is 57.3 Å². The molecule has 0 saturated carbocycles. The summed E-state index contributed by atoms with van der Waals surface area (Å²) in [5, 5.41) is 13.3. The van der Waals surface area contributed by atoms with Crippen molar-refractivity contribution in [2.45, 2.75) is 44.4 Å². The number of aromatic nitrogens is 5. The second-order valence-corrected chi connectivity index (χ2v) is 10.9. The van der Waals surface area contributed by atoms with Crippen molar-refractivity contribution in [3.63, 3.8) is 0 Å². The molecule has 0 saturated heterocycles. The highest BCUT2D eigenvalue weighted by Crippen LogP contribution is 2.37. The van der Waals surface area contributed by atoms with Gasteiger partial charge in [-0.1, -0.05) is 11.8 Å². The Kier molecular flexibility index (Phi) is 9.08. The zero-order valence-corrected chi connectivity index (χ0v) is 23.8. The van der Waals surface area contributed by atoms with Gasteiger partial charge in [0.2, 0.25) is 0 Å². The predicted octanol–water partition coefficient (Wildman–Crippen LogP) is 4.53. The van der Waals surface area contributed by atoms with Crippen molar-refractivity contribution in [2.24, 2.45) is 5.73 Å². The van der Waals surface area contributed by atoms with Crippen LogP contribution in [0.3, 0.4) is 0 Å². The predicted molar refractivity (Wildman–Crippen MR) is 153 cm³/mol. The number of unbranched alkanes of at least 4 members (excludes halogenated alkanes) is 1. The Hall–Kier alpha value is -4.24. The quantitative estimate of drug-likeness (QED) is 0.110. The number of nitrogens with two attached hydrogens (primary N) is 1. The minimum atomic E-state index is -0.981. The van der Waals surface area contributed by atoms with Crippen molar-refractivity contribution in [1.82, 2.24) is 24.9 Å². The van der Waals surface area contributed by atoms with Gasteiger partial charge in [-0.05, 0) is 52.3 Å². The molecule has 0 atom stereocenters. The number of fused-ring (bicyclic) bond motifs is 3. The number of carboxylic acid groups (broad SMARTS) is 1. The van der Waals surface area contributed by atoms with Crippen LogP contribution in [-0.4, -0.2) is 73.6 Å². The van der Waals surface area contributed by atoms with Gasteiger partial charge in [-0.2, -0.15) is 9.97 Å². The summed E-state index contributed by atoms with van der Waals surface area (Å²) in [5.41, 5.74) is 5.93. The molecule has 1 amide bonds. The maximum Gasteiger partial charge on any atom is 0.414 e. The summed E-state index contributed by atoms with van der Waals surface area (Å²) >= 11 is 0.973. The SMILES string of the molecule is CN(C(=O)OC(C)(C)C)c1cc(F)cc2c1[nH]c1nc(Oc3cnc(SCC(=O)O)nc3)nc(NCCCCN)c12. The molecule has 0 aliphatic rings. The van der Waals surface area contributed by atoms with Crippen LogP contribution in [0, 0.1) is 5.82 Å². The van der Waals surface area contributed by atoms with Gasteiger partial charge in [0.05, 0.1) is 34.7 Å². The number of thioether (sulfide) groups is 1. The maximum absolute atomic E-state index is 14.9. The molecule has 0 bridgehead atoms. The minimum absolute atomic E-state index is 0.0394. The monoisotopic (exact) mass is 586 g/mol. The highest BCUT2D eigenvalue weighted by atomic mass is 32.2. The summed E-state index contributed by atoms with van der Waals surface area (Å²) in [6.45, 7) is 6.31. The summed E-state index contributed by atoms with van der Waals surface area (Å²) in [7, 11) is 1.50. The van der Waals surface area contributed by atoms with Gasteiger partial charge in [0.1, 0.15) is 22.9 Å². The highest BCUT2D eigenvalue weighted by molar-refractivity contribution is 7.99. The molecule has 3 aromatic heterocycles. The van der Waals surface area contributed by atoms with Crippen LogP contribution in [0.25, 0.3) is 21.9 Å². The number of anilines is 2. The second-order valence-electron chi connectivity index (χ2n) is 10.00. The van der Waals surface area contributed by atoms with Gasteiger partial charge in [-0.3, -0.25) is 9.69 Å². The molecule has 0 aliphatic heterocycles. The van der Waals surface area contributed by atoms with Gasteiger partial charge < -0.3 is 30.6 Å². The molecule has 13 nitrogen and oxygen atoms in total. The number of aromatic amines is 1. The number of H-pyrrole nitrogens is 1. The fraction of sp³-hybridized carbons (Fsp3) is 0.385. The van der Waals surface area contributed by atoms with E-state index < -0.39 is 23.5 Å². The third-order valence-electron chi connectivity index (χ3n) is 5.57. The Morgan fingerprint density at radius 2 is 1.93 bits per heavy atom. The lowest BCUT2D eigenvalue weighted by Crippen LogP contribution is -2.34. The van der Waals surface area contributed by atoms with Crippen molar-refractivity contribution in [3.8, 4) is 11.8 Å². The molecule has 4 aromatic rings. The van der Waals surface area contributed by atoms with E-state index in [2.05, 4.69) is 30.2 Å².